The van der Waals surface area contributed by atoms with Crippen LogP contribution in [-0.4, -0.2) is 24.5 Å². The fraction of sp³-hybridized carbons (Fsp3) is 0.263. The van der Waals surface area contributed by atoms with Crippen molar-refractivity contribution in [2.45, 2.75) is 19.9 Å². The summed E-state index contributed by atoms with van der Waals surface area (Å²) in [6, 6.07) is 14.0. The number of fused-ring (bicyclic) bond motifs is 1. The molecule has 0 bridgehead atoms. The lowest BCUT2D eigenvalue weighted by Gasteiger charge is -2.11. The van der Waals surface area contributed by atoms with Crippen molar-refractivity contribution in [3.8, 4) is 0 Å². The first-order valence-corrected chi connectivity index (χ1v) is 8.09. The van der Waals surface area contributed by atoms with E-state index < -0.39 is 0 Å². The number of furan rings is 1. The van der Waals surface area contributed by atoms with Crippen LogP contribution < -0.4 is 10.6 Å². The van der Waals surface area contributed by atoms with Crippen molar-refractivity contribution >= 4 is 40.9 Å². The fourth-order valence-electron chi connectivity index (χ4n) is 2.63. The topological polar surface area (TPSA) is 62.5 Å². The molecular formula is C19H23IN4O. The number of aliphatic imine (C=N–C) groups is 1. The molecule has 2 heterocycles. The number of nitrogens with one attached hydrogen (secondary N) is 2. The van der Waals surface area contributed by atoms with Crippen molar-refractivity contribution in [3.05, 3.63) is 65.7 Å². The van der Waals surface area contributed by atoms with Crippen LogP contribution in [0.4, 0.5) is 0 Å². The Balaban J connectivity index is 0.00000225. The molecule has 0 aliphatic rings. The Hall–Kier alpha value is -2.09. The second-order valence-corrected chi connectivity index (χ2v) is 5.57. The van der Waals surface area contributed by atoms with Crippen molar-refractivity contribution in [3.63, 3.8) is 0 Å². The molecule has 0 radical (unpaired) electrons. The first-order chi connectivity index (χ1) is 11.8. The number of benzene rings is 1. The summed E-state index contributed by atoms with van der Waals surface area (Å²) in [6.07, 6.45) is 2.66. The molecule has 5 nitrogen and oxygen atoms in total. The molecule has 0 unspecified atom stereocenters. The minimum Gasteiger partial charge on any atom is -0.459 e. The van der Waals surface area contributed by atoms with Crippen LogP contribution in [0.5, 0.6) is 0 Å². The SMILES string of the molecule is CN=C(NCCc1ccccn1)NCc1oc2ccccc2c1C.I. The third kappa shape index (κ3) is 4.94. The number of pyridine rings is 1. The van der Waals surface area contributed by atoms with E-state index >= 15 is 0 Å². The van der Waals surface area contributed by atoms with Gasteiger partial charge in [0, 0.05) is 42.9 Å². The van der Waals surface area contributed by atoms with E-state index in [-0.39, 0.29) is 24.0 Å². The first kappa shape index (κ1) is 19.2. The number of hydrogen-bond acceptors (Lipinski definition) is 3. The molecule has 0 atom stereocenters. The Labute approximate surface area is 165 Å². The standard InChI is InChI=1S/C19H22N4O.HI/c1-14-16-8-3-4-9-17(16)24-18(14)13-23-19(20-2)22-12-10-15-7-5-6-11-21-15;/h3-9,11H,10,12-13H2,1-2H3,(H2,20,22,23);1H. The maximum Gasteiger partial charge on any atom is 0.191 e. The van der Waals surface area contributed by atoms with Crippen LogP contribution >= 0.6 is 24.0 Å². The van der Waals surface area contributed by atoms with E-state index in [0.717, 1.165) is 41.3 Å². The monoisotopic (exact) mass is 450 g/mol. The molecule has 0 saturated carbocycles. The predicted octanol–water partition coefficient (Wildman–Crippen LogP) is 3.66. The Morgan fingerprint density at radius 2 is 1.92 bits per heavy atom. The zero-order chi connectivity index (χ0) is 16.8. The summed E-state index contributed by atoms with van der Waals surface area (Å²) in [5.74, 6) is 1.69. The number of aryl methyl sites for hydroxylation is 1. The molecule has 0 fully saturated rings. The zero-order valence-corrected chi connectivity index (χ0v) is 16.8. The second-order valence-electron chi connectivity index (χ2n) is 5.57. The smallest absolute Gasteiger partial charge is 0.191 e. The molecule has 0 aliphatic heterocycles. The van der Waals surface area contributed by atoms with Crippen molar-refractivity contribution in [2.24, 2.45) is 4.99 Å². The number of hydrogen-bond donors (Lipinski definition) is 2. The summed E-state index contributed by atoms with van der Waals surface area (Å²) >= 11 is 0. The molecule has 3 rings (SSSR count). The molecule has 6 heteroatoms. The summed E-state index contributed by atoms with van der Waals surface area (Å²) in [7, 11) is 1.77. The van der Waals surface area contributed by atoms with Crippen molar-refractivity contribution in [1.29, 1.82) is 0 Å². The van der Waals surface area contributed by atoms with Gasteiger partial charge < -0.3 is 15.1 Å². The first-order valence-electron chi connectivity index (χ1n) is 8.09. The van der Waals surface area contributed by atoms with Crippen LogP contribution in [0.1, 0.15) is 17.0 Å². The van der Waals surface area contributed by atoms with Crippen LogP contribution in [0, 0.1) is 6.92 Å². The average molecular weight is 450 g/mol. The Bertz CT molecular complexity index is 830. The lowest BCUT2D eigenvalue weighted by Crippen LogP contribution is -2.37. The lowest BCUT2D eigenvalue weighted by atomic mass is 10.1. The van der Waals surface area contributed by atoms with Gasteiger partial charge >= 0.3 is 0 Å². The summed E-state index contributed by atoms with van der Waals surface area (Å²) in [5.41, 5.74) is 3.15. The largest absolute Gasteiger partial charge is 0.459 e. The molecule has 0 amide bonds. The molecule has 25 heavy (non-hydrogen) atoms. The summed E-state index contributed by atoms with van der Waals surface area (Å²) in [5, 5.41) is 7.76. The number of para-hydroxylation sites is 1. The molecule has 2 aromatic heterocycles. The van der Waals surface area contributed by atoms with E-state index in [4.69, 9.17) is 4.42 Å². The minimum absolute atomic E-state index is 0. The van der Waals surface area contributed by atoms with Gasteiger partial charge in [0.2, 0.25) is 0 Å². The summed E-state index contributed by atoms with van der Waals surface area (Å²) in [6.45, 7) is 3.46. The van der Waals surface area contributed by atoms with E-state index in [1.54, 1.807) is 7.05 Å². The maximum atomic E-state index is 5.91. The Kier molecular flexibility index (Phi) is 7.24. The van der Waals surface area contributed by atoms with Crippen molar-refractivity contribution in [2.75, 3.05) is 13.6 Å². The van der Waals surface area contributed by atoms with Crippen LogP contribution in [0.3, 0.4) is 0 Å². The summed E-state index contributed by atoms with van der Waals surface area (Å²) < 4.78 is 5.91. The van der Waals surface area contributed by atoms with Gasteiger partial charge in [-0.25, -0.2) is 0 Å². The number of guanidine groups is 1. The molecule has 0 aliphatic carbocycles. The summed E-state index contributed by atoms with van der Waals surface area (Å²) in [4.78, 5) is 8.57. The van der Waals surface area contributed by atoms with E-state index in [2.05, 4.69) is 33.6 Å². The molecular weight excluding hydrogens is 427 g/mol. The van der Waals surface area contributed by atoms with Gasteiger partial charge in [-0.05, 0) is 25.1 Å². The second kappa shape index (κ2) is 9.41. The molecule has 1 aromatic carbocycles. The predicted molar refractivity (Wildman–Crippen MR) is 113 cm³/mol. The number of halogens is 1. The highest BCUT2D eigenvalue weighted by Gasteiger charge is 2.10. The number of aromatic nitrogens is 1. The van der Waals surface area contributed by atoms with Gasteiger partial charge in [0.25, 0.3) is 0 Å². The Morgan fingerprint density at radius 1 is 1.12 bits per heavy atom. The van der Waals surface area contributed by atoms with Gasteiger partial charge in [0.1, 0.15) is 11.3 Å². The third-order valence-electron chi connectivity index (χ3n) is 3.98. The minimum atomic E-state index is 0. The zero-order valence-electron chi connectivity index (χ0n) is 14.5. The van der Waals surface area contributed by atoms with Gasteiger partial charge in [-0.15, -0.1) is 24.0 Å². The van der Waals surface area contributed by atoms with E-state index in [1.807, 2.05) is 42.6 Å². The average Bonchev–Trinajstić information content (AvgIpc) is 2.95. The number of nitrogens with zero attached hydrogens (tertiary/aromatic N) is 2. The van der Waals surface area contributed by atoms with Crippen molar-refractivity contribution < 1.29 is 4.42 Å². The van der Waals surface area contributed by atoms with Gasteiger partial charge in [-0.2, -0.15) is 0 Å². The highest BCUT2D eigenvalue weighted by molar-refractivity contribution is 14.0. The van der Waals surface area contributed by atoms with Crippen LogP contribution in [0.15, 0.2) is 58.1 Å². The molecule has 0 spiro atoms. The van der Waals surface area contributed by atoms with E-state index in [0.29, 0.717) is 6.54 Å². The van der Waals surface area contributed by atoms with Crippen LogP contribution in [-0.2, 0) is 13.0 Å². The molecule has 2 N–H and O–H groups in total. The molecule has 132 valence electrons. The van der Waals surface area contributed by atoms with Gasteiger partial charge in [-0.3, -0.25) is 9.98 Å². The normalized spacial score (nSPS) is 11.2. The fourth-order valence-corrected chi connectivity index (χ4v) is 2.63. The molecule has 3 aromatic rings. The number of rotatable bonds is 5. The van der Waals surface area contributed by atoms with Crippen molar-refractivity contribution in [1.82, 2.24) is 15.6 Å². The van der Waals surface area contributed by atoms with E-state index in [9.17, 15) is 0 Å². The van der Waals surface area contributed by atoms with Gasteiger partial charge in [-0.1, -0.05) is 24.3 Å². The Morgan fingerprint density at radius 3 is 2.64 bits per heavy atom. The maximum absolute atomic E-state index is 5.91. The lowest BCUT2D eigenvalue weighted by molar-refractivity contribution is 0.534. The highest BCUT2D eigenvalue weighted by atomic mass is 127. The highest BCUT2D eigenvalue weighted by Crippen LogP contribution is 2.24. The van der Waals surface area contributed by atoms with Gasteiger partial charge in [0.15, 0.2) is 5.96 Å². The van der Waals surface area contributed by atoms with Gasteiger partial charge in [0.05, 0.1) is 6.54 Å². The van der Waals surface area contributed by atoms with Crippen LogP contribution in [0.2, 0.25) is 0 Å². The van der Waals surface area contributed by atoms with Crippen LogP contribution in [0.25, 0.3) is 11.0 Å². The third-order valence-corrected chi connectivity index (χ3v) is 3.98. The molecule has 0 saturated heterocycles. The van der Waals surface area contributed by atoms with E-state index in [1.165, 1.54) is 5.56 Å². The quantitative estimate of drug-likeness (QED) is 0.354.